The third-order valence-corrected chi connectivity index (χ3v) is 7.60. The van der Waals surface area contributed by atoms with Crippen LogP contribution in [0.3, 0.4) is 0 Å². The molecule has 2 fully saturated rings. The van der Waals surface area contributed by atoms with Gasteiger partial charge in [-0.1, -0.05) is 42.9 Å². The van der Waals surface area contributed by atoms with E-state index in [9.17, 15) is 20.1 Å². The van der Waals surface area contributed by atoms with Gasteiger partial charge in [-0.3, -0.25) is 4.79 Å². The number of allylic oxidation sites excluding steroid dienone is 4. The molecule has 0 amide bonds. The average Bonchev–Trinajstić information content (AvgIpc) is 3.06. The predicted molar refractivity (Wildman–Crippen MR) is 126 cm³/mol. The molecule has 5 nitrogen and oxygen atoms in total. The van der Waals surface area contributed by atoms with Crippen LogP contribution in [0.4, 0.5) is 0 Å². The number of aliphatic hydroxyl groups excluding tert-OH is 2. The van der Waals surface area contributed by atoms with E-state index in [4.69, 9.17) is 4.74 Å². The number of hydrogen-bond acceptors (Lipinski definition) is 5. The molecule has 0 aromatic heterocycles. The van der Waals surface area contributed by atoms with Crippen LogP contribution in [0.15, 0.2) is 47.1 Å². The Bertz CT molecular complexity index is 811. The zero-order valence-electron chi connectivity index (χ0n) is 20.1. The molecule has 0 aromatic rings. The van der Waals surface area contributed by atoms with Crippen molar-refractivity contribution in [1.29, 1.82) is 0 Å². The van der Waals surface area contributed by atoms with Gasteiger partial charge in [-0.15, -0.1) is 0 Å². The third kappa shape index (κ3) is 5.62. The Labute approximate surface area is 192 Å². The minimum absolute atomic E-state index is 0.0294. The van der Waals surface area contributed by atoms with Crippen LogP contribution in [0, 0.1) is 11.3 Å². The van der Waals surface area contributed by atoms with Crippen LogP contribution in [0.1, 0.15) is 79.1 Å². The standard InChI is InChI=1S/C27H40O5/c1-17-23(28)15-19(16-24(17)29)8-9-20-7-6-13-27(5)21(10-11-22(20)27)18(2)32-25(30)12-14-26(3,4)31/h8-10,18,22-24,28-29,31H,1,6-7,11-16H2,2-5H3/b20-9+/t18-,22-,23+,24+,27+/m0/s1. The number of esters is 1. The van der Waals surface area contributed by atoms with Gasteiger partial charge in [0, 0.05) is 6.42 Å². The van der Waals surface area contributed by atoms with Gasteiger partial charge in [-0.2, -0.15) is 0 Å². The highest BCUT2D eigenvalue weighted by molar-refractivity contribution is 5.70. The predicted octanol–water partition coefficient (Wildman–Crippen LogP) is 4.53. The summed E-state index contributed by atoms with van der Waals surface area (Å²) in [5.74, 6) is 0.119. The minimum atomic E-state index is -0.874. The fourth-order valence-electron chi connectivity index (χ4n) is 5.63. The number of carbonyl (C=O) groups is 1. The number of ether oxygens (including phenoxy) is 1. The lowest BCUT2D eigenvalue weighted by molar-refractivity contribution is -0.148. The summed E-state index contributed by atoms with van der Waals surface area (Å²) in [6.07, 6.45) is 10.7. The molecule has 3 aliphatic rings. The van der Waals surface area contributed by atoms with Crippen LogP contribution >= 0.6 is 0 Å². The Morgan fingerprint density at radius 2 is 1.97 bits per heavy atom. The first kappa shape index (κ1) is 24.9. The molecule has 0 aliphatic heterocycles. The second-order valence-corrected chi connectivity index (χ2v) is 10.7. The van der Waals surface area contributed by atoms with Gasteiger partial charge in [0.1, 0.15) is 6.10 Å². The van der Waals surface area contributed by atoms with E-state index in [1.54, 1.807) is 13.8 Å². The zero-order valence-corrected chi connectivity index (χ0v) is 20.1. The molecule has 3 N–H and O–H groups in total. The third-order valence-electron chi connectivity index (χ3n) is 7.60. The normalized spacial score (nSPS) is 33.0. The van der Waals surface area contributed by atoms with Crippen LogP contribution in [-0.2, 0) is 9.53 Å². The Hall–Kier alpha value is -1.69. The summed E-state index contributed by atoms with van der Waals surface area (Å²) in [5, 5.41) is 30.1. The van der Waals surface area contributed by atoms with Crippen LogP contribution in [0.2, 0.25) is 0 Å². The van der Waals surface area contributed by atoms with E-state index < -0.39 is 17.8 Å². The Morgan fingerprint density at radius 1 is 1.31 bits per heavy atom. The molecular weight excluding hydrogens is 404 g/mol. The summed E-state index contributed by atoms with van der Waals surface area (Å²) in [6, 6.07) is 0. The number of carbonyl (C=O) groups excluding carboxylic acids is 1. The maximum Gasteiger partial charge on any atom is 0.306 e. The first-order valence-electron chi connectivity index (χ1n) is 12.0. The molecule has 0 aromatic carbocycles. The first-order chi connectivity index (χ1) is 14.9. The maximum atomic E-state index is 12.3. The van der Waals surface area contributed by atoms with Crippen molar-refractivity contribution in [2.45, 2.75) is 103 Å². The molecule has 178 valence electrons. The fraction of sp³-hybridized carbons (Fsp3) is 0.667. The van der Waals surface area contributed by atoms with Crippen LogP contribution in [-0.4, -0.2) is 45.2 Å². The van der Waals surface area contributed by atoms with Gasteiger partial charge in [0.05, 0.1) is 17.8 Å². The molecule has 0 saturated heterocycles. The molecule has 0 spiro atoms. The Balaban J connectivity index is 1.68. The lowest BCUT2D eigenvalue weighted by Gasteiger charge is -2.42. The monoisotopic (exact) mass is 444 g/mol. The first-order valence-corrected chi connectivity index (χ1v) is 12.0. The molecule has 3 aliphatic carbocycles. The van der Waals surface area contributed by atoms with Crippen molar-refractivity contribution in [2.24, 2.45) is 11.3 Å². The van der Waals surface area contributed by atoms with Gasteiger partial charge >= 0.3 is 5.97 Å². The van der Waals surface area contributed by atoms with Crippen molar-refractivity contribution in [3.05, 3.63) is 47.1 Å². The van der Waals surface area contributed by atoms with Crippen molar-refractivity contribution < 1.29 is 24.9 Å². The lowest BCUT2D eigenvalue weighted by atomic mass is 9.63. The number of rotatable bonds is 6. The fourth-order valence-corrected chi connectivity index (χ4v) is 5.63. The average molecular weight is 445 g/mol. The highest BCUT2D eigenvalue weighted by Gasteiger charge is 2.47. The van der Waals surface area contributed by atoms with Gasteiger partial charge < -0.3 is 20.1 Å². The lowest BCUT2D eigenvalue weighted by Crippen LogP contribution is -2.35. The summed E-state index contributed by atoms with van der Waals surface area (Å²) in [5.41, 5.74) is 3.26. The second-order valence-electron chi connectivity index (χ2n) is 10.7. The number of aliphatic hydroxyl groups is 3. The van der Waals surface area contributed by atoms with Crippen molar-refractivity contribution in [2.75, 3.05) is 0 Å². The molecule has 0 unspecified atom stereocenters. The smallest absolute Gasteiger partial charge is 0.306 e. The summed E-state index contributed by atoms with van der Waals surface area (Å²) in [6.45, 7) is 11.4. The largest absolute Gasteiger partial charge is 0.458 e. The van der Waals surface area contributed by atoms with E-state index in [-0.39, 0.29) is 23.9 Å². The molecule has 32 heavy (non-hydrogen) atoms. The topological polar surface area (TPSA) is 87.0 Å². The second kappa shape index (κ2) is 9.66. The highest BCUT2D eigenvalue weighted by Crippen LogP contribution is 2.55. The van der Waals surface area contributed by atoms with Crippen molar-refractivity contribution in [1.82, 2.24) is 0 Å². The molecular formula is C27H40O5. The number of hydrogen-bond donors (Lipinski definition) is 3. The van der Waals surface area contributed by atoms with E-state index >= 15 is 0 Å². The molecule has 5 heteroatoms. The maximum absolute atomic E-state index is 12.3. The summed E-state index contributed by atoms with van der Waals surface area (Å²) in [4.78, 5) is 12.3. The Kier molecular flexibility index (Phi) is 7.53. The number of fused-ring (bicyclic) bond motifs is 1. The van der Waals surface area contributed by atoms with Gasteiger partial charge in [0.15, 0.2) is 0 Å². The van der Waals surface area contributed by atoms with Gasteiger partial charge in [-0.05, 0) is 88.2 Å². The summed E-state index contributed by atoms with van der Waals surface area (Å²) >= 11 is 0. The van der Waals surface area contributed by atoms with Gasteiger partial charge in [0.25, 0.3) is 0 Å². The van der Waals surface area contributed by atoms with Crippen LogP contribution in [0.25, 0.3) is 0 Å². The van der Waals surface area contributed by atoms with Crippen molar-refractivity contribution in [3.8, 4) is 0 Å². The molecule has 0 heterocycles. The molecule has 3 rings (SSSR count). The van der Waals surface area contributed by atoms with Gasteiger partial charge in [-0.25, -0.2) is 0 Å². The highest BCUT2D eigenvalue weighted by atomic mass is 16.5. The van der Waals surface area contributed by atoms with Crippen LogP contribution in [0.5, 0.6) is 0 Å². The van der Waals surface area contributed by atoms with E-state index in [0.717, 1.165) is 31.3 Å². The van der Waals surface area contributed by atoms with Crippen molar-refractivity contribution in [3.63, 3.8) is 0 Å². The molecule has 0 radical (unpaired) electrons. The quantitative estimate of drug-likeness (QED) is 0.414. The summed E-state index contributed by atoms with van der Waals surface area (Å²) in [7, 11) is 0. The van der Waals surface area contributed by atoms with E-state index in [2.05, 4.69) is 31.7 Å². The molecule has 2 saturated carbocycles. The van der Waals surface area contributed by atoms with Crippen LogP contribution < -0.4 is 0 Å². The van der Waals surface area contributed by atoms with E-state index in [0.29, 0.717) is 30.8 Å². The molecule has 5 atom stereocenters. The van der Waals surface area contributed by atoms with Crippen molar-refractivity contribution >= 4 is 5.97 Å². The zero-order chi connectivity index (χ0) is 23.7. The Morgan fingerprint density at radius 3 is 2.59 bits per heavy atom. The SMILES string of the molecule is C=C1[C@H](O)CC(=C/C=C2\CCC[C@]3(C)C([C@H](C)OC(=O)CCC(C)(C)O)=CC[C@@H]23)C[C@H]1O. The minimum Gasteiger partial charge on any atom is -0.458 e. The summed E-state index contributed by atoms with van der Waals surface area (Å²) < 4.78 is 5.75. The van der Waals surface area contributed by atoms with E-state index in [1.165, 1.54) is 11.1 Å². The van der Waals surface area contributed by atoms with E-state index in [1.807, 2.05) is 6.92 Å². The molecule has 0 bridgehead atoms. The van der Waals surface area contributed by atoms with Gasteiger partial charge in [0.2, 0.25) is 0 Å².